The lowest BCUT2D eigenvalue weighted by molar-refractivity contribution is 0.0390. The molecule has 0 radical (unpaired) electrons. The van der Waals surface area contributed by atoms with Crippen LogP contribution in [0.15, 0.2) is 24.3 Å². The summed E-state index contributed by atoms with van der Waals surface area (Å²) in [6, 6.07) is 7.32. The molecule has 0 bridgehead atoms. The lowest BCUT2D eigenvalue weighted by Gasteiger charge is -2.16. The van der Waals surface area contributed by atoms with Crippen LogP contribution in [0, 0.1) is 27.7 Å². The van der Waals surface area contributed by atoms with Gasteiger partial charge in [0.15, 0.2) is 11.6 Å². The van der Waals surface area contributed by atoms with Crippen molar-refractivity contribution in [2.75, 3.05) is 79.2 Å². The first-order valence-corrected chi connectivity index (χ1v) is 14.2. The molecule has 2 aromatic carbocycles. The van der Waals surface area contributed by atoms with Gasteiger partial charge < -0.3 is 39.9 Å². The van der Waals surface area contributed by atoms with E-state index in [-0.39, 0.29) is 24.7 Å². The normalized spacial score (nSPS) is 10.7. The van der Waals surface area contributed by atoms with Crippen molar-refractivity contribution in [1.29, 1.82) is 0 Å². The van der Waals surface area contributed by atoms with Crippen LogP contribution in [0.25, 0.3) is 11.5 Å². The van der Waals surface area contributed by atoms with Gasteiger partial charge >= 0.3 is 0 Å². The van der Waals surface area contributed by atoms with Crippen molar-refractivity contribution >= 4 is 11.6 Å². The topological polar surface area (TPSA) is 137 Å². The average Bonchev–Trinajstić information content (AvgIpc) is 2.95. The number of carbonyl (C=O) groups excluding carboxylic acids is 2. The van der Waals surface area contributed by atoms with Gasteiger partial charge in [-0.25, -0.2) is 0 Å². The van der Waals surface area contributed by atoms with Gasteiger partial charge in [-0.3, -0.25) is 9.59 Å². The summed E-state index contributed by atoms with van der Waals surface area (Å²) >= 11 is 0. The second-order valence-electron chi connectivity index (χ2n) is 9.59. The minimum atomic E-state index is -0.0738. The van der Waals surface area contributed by atoms with Crippen molar-refractivity contribution in [3.63, 3.8) is 0 Å². The van der Waals surface area contributed by atoms with Gasteiger partial charge in [0.05, 0.1) is 39.6 Å². The van der Waals surface area contributed by atoms with E-state index in [0.717, 1.165) is 11.1 Å². The van der Waals surface area contributed by atoms with Crippen LogP contribution < -0.4 is 9.47 Å². The summed E-state index contributed by atoms with van der Waals surface area (Å²) in [6.07, 6.45) is 0. The van der Waals surface area contributed by atoms with Crippen molar-refractivity contribution in [2.45, 2.75) is 41.5 Å². The highest BCUT2D eigenvalue weighted by Gasteiger charge is 2.12. The van der Waals surface area contributed by atoms with E-state index in [2.05, 4.69) is 6.92 Å². The number of Topliss-reactive ketones (excluding diaryl/α,β-unsaturated/α-hetero) is 2. The molecule has 10 nitrogen and oxygen atoms in total. The first kappa shape index (κ1) is 37.2. The van der Waals surface area contributed by atoms with Crippen molar-refractivity contribution in [1.82, 2.24) is 0 Å². The highest BCUT2D eigenvalue weighted by Crippen LogP contribution is 2.30. The highest BCUT2D eigenvalue weighted by atomic mass is 16.6. The van der Waals surface area contributed by atoms with Gasteiger partial charge in [-0.15, -0.1) is 13.1 Å². The molecule has 0 atom stereocenters. The maximum atomic E-state index is 11.8. The average molecular weight is 589 g/mol. The smallest absolute Gasteiger partial charge is 0.160 e. The number of ether oxygens (including phenoxy) is 6. The molecule has 0 aromatic heterocycles. The number of aryl methyl sites for hydroxylation is 2. The zero-order valence-electron chi connectivity index (χ0n) is 26.1. The predicted octanol–water partition coefficient (Wildman–Crippen LogP) is 5.94. The SMILES string of the molecule is CC(=O)c1cc(C)c(C)c(C)c1.CC(=O)c1cc(OCCOCCOCC[NH-])c(C)c(OCCOCCOCC[NH-])c1. The van der Waals surface area contributed by atoms with Crippen LogP contribution in [0.1, 0.15) is 56.8 Å². The van der Waals surface area contributed by atoms with Gasteiger partial charge in [-0.2, -0.15) is 0 Å². The summed E-state index contributed by atoms with van der Waals surface area (Å²) in [5.74, 6) is 1.23. The second-order valence-corrected chi connectivity index (χ2v) is 9.59. The third kappa shape index (κ3) is 14.9. The molecule has 0 saturated heterocycles. The van der Waals surface area contributed by atoms with Gasteiger partial charge in [-0.05, 0) is 82.5 Å². The first-order valence-electron chi connectivity index (χ1n) is 14.2. The zero-order valence-corrected chi connectivity index (χ0v) is 26.1. The molecule has 42 heavy (non-hydrogen) atoms. The Morgan fingerprint density at radius 1 is 0.524 bits per heavy atom. The molecule has 236 valence electrons. The molecular formula is C32H48N2O8-2. The zero-order chi connectivity index (χ0) is 31.3. The van der Waals surface area contributed by atoms with E-state index in [1.807, 2.05) is 32.9 Å². The van der Waals surface area contributed by atoms with Gasteiger partial charge in [-0.1, -0.05) is 0 Å². The van der Waals surface area contributed by atoms with Crippen LogP contribution in [0.3, 0.4) is 0 Å². The molecule has 0 aliphatic heterocycles. The number of nitrogens with one attached hydrogen (secondary N) is 2. The van der Waals surface area contributed by atoms with Gasteiger partial charge in [0.2, 0.25) is 0 Å². The number of hydrogen-bond acceptors (Lipinski definition) is 8. The Morgan fingerprint density at radius 2 is 0.857 bits per heavy atom. The summed E-state index contributed by atoms with van der Waals surface area (Å²) in [4.78, 5) is 22.9. The minimum Gasteiger partial charge on any atom is -0.676 e. The van der Waals surface area contributed by atoms with Crippen molar-refractivity contribution in [2.24, 2.45) is 0 Å². The van der Waals surface area contributed by atoms with Gasteiger partial charge in [0, 0.05) is 29.9 Å². The Labute approximate surface area is 250 Å². The van der Waals surface area contributed by atoms with E-state index >= 15 is 0 Å². The number of ketones is 2. The molecule has 0 aliphatic rings. The molecule has 2 N–H and O–H groups in total. The van der Waals surface area contributed by atoms with E-state index < -0.39 is 0 Å². The molecular weight excluding hydrogens is 540 g/mol. The fourth-order valence-corrected chi connectivity index (χ4v) is 3.61. The minimum absolute atomic E-state index is 0.0738. The first-order chi connectivity index (χ1) is 20.1. The standard InChI is InChI=1S/C21H34N2O7.C11H14O/c1-17-20(29-13-11-27-9-7-25-5-3-22)15-19(18(2)24)16-21(17)30-14-12-28-10-8-26-6-4-23;1-7-5-11(10(4)12)6-8(2)9(7)3/h15-16,22-23H,3-14H2,1-2H3;5-6H,1-4H3/q-2;. The van der Waals surface area contributed by atoms with Crippen LogP contribution in [0.2, 0.25) is 0 Å². The van der Waals surface area contributed by atoms with E-state index in [0.29, 0.717) is 83.1 Å². The number of rotatable bonds is 20. The van der Waals surface area contributed by atoms with Crippen LogP contribution in [0.4, 0.5) is 0 Å². The lowest BCUT2D eigenvalue weighted by Crippen LogP contribution is -2.13. The van der Waals surface area contributed by atoms with E-state index in [1.165, 1.54) is 23.6 Å². The maximum Gasteiger partial charge on any atom is 0.160 e. The Kier molecular flexibility index (Phi) is 19.3. The van der Waals surface area contributed by atoms with E-state index in [9.17, 15) is 9.59 Å². The van der Waals surface area contributed by atoms with Crippen molar-refractivity contribution in [3.05, 3.63) is 69.1 Å². The molecule has 0 spiro atoms. The molecule has 2 aromatic rings. The Bertz CT molecular complexity index is 1030. The molecule has 2 rings (SSSR count). The summed E-state index contributed by atoms with van der Waals surface area (Å²) < 4.78 is 32.8. The maximum absolute atomic E-state index is 11.8. The van der Waals surface area contributed by atoms with Crippen molar-refractivity contribution < 1.29 is 38.0 Å². The van der Waals surface area contributed by atoms with Crippen LogP contribution >= 0.6 is 0 Å². The molecule has 0 heterocycles. The molecule has 10 heteroatoms. The summed E-state index contributed by atoms with van der Waals surface area (Å²) in [5.41, 5.74) is 19.8. The fourth-order valence-electron chi connectivity index (χ4n) is 3.61. The number of hydrogen-bond donors (Lipinski definition) is 0. The van der Waals surface area contributed by atoms with Gasteiger partial charge in [0.25, 0.3) is 0 Å². The van der Waals surface area contributed by atoms with Gasteiger partial charge in [0.1, 0.15) is 24.7 Å². The third-order valence-electron chi connectivity index (χ3n) is 6.26. The van der Waals surface area contributed by atoms with Crippen molar-refractivity contribution in [3.8, 4) is 11.5 Å². The summed E-state index contributed by atoms with van der Waals surface area (Å²) in [6.45, 7) is 15.7. The Balaban J connectivity index is 0.000000609. The highest BCUT2D eigenvalue weighted by molar-refractivity contribution is 5.95. The largest absolute Gasteiger partial charge is 0.676 e. The Morgan fingerprint density at radius 3 is 1.21 bits per heavy atom. The quantitative estimate of drug-likeness (QED) is 0.137. The van der Waals surface area contributed by atoms with Crippen LogP contribution in [-0.2, 0) is 18.9 Å². The number of carbonyl (C=O) groups is 2. The lowest BCUT2D eigenvalue weighted by atomic mass is 9.99. The molecule has 0 aliphatic carbocycles. The van der Waals surface area contributed by atoms with Crippen LogP contribution in [0.5, 0.6) is 11.5 Å². The third-order valence-corrected chi connectivity index (χ3v) is 6.26. The molecule has 0 fully saturated rings. The summed E-state index contributed by atoms with van der Waals surface area (Å²) in [7, 11) is 0. The van der Waals surface area contributed by atoms with E-state index in [4.69, 9.17) is 39.9 Å². The molecule has 0 saturated carbocycles. The Hall–Kier alpha value is -2.86. The number of benzene rings is 2. The molecule has 0 unspecified atom stereocenters. The monoisotopic (exact) mass is 588 g/mol. The van der Waals surface area contributed by atoms with Crippen LogP contribution in [-0.4, -0.2) is 90.7 Å². The molecule has 0 amide bonds. The second kappa shape index (κ2) is 21.8. The predicted molar refractivity (Wildman–Crippen MR) is 164 cm³/mol. The summed E-state index contributed by atoms with van der Waals surface area (Å²) in [5, 5.41) is 0. The van der Waals surface area contributed by atoms with E-state index in [1.54, 1.807) is 19.1 Å². The fraction of sp³-hybridized carbons (Fsp3) is 0.562.